The summed E-state index contributed by atoms with van der Waals surface area (Å²) < 4.78 is 17.4. The van der Waals surface area contributed by atoms with Gasteiger partial charge in [0.25, 0.3) is 0 Å². The van der Waals surface area contributed by atoms with Gasteiger partial charge in [-0.25, -0.2) is 4.79 Å². The third kappa shape index (κ3) is 6.91. The third-order valence-corrected chi connectivity index (χ3v) is 6.33. The maximum Gasteiger partial charge on any atom is 0.410 e. The van der Waals surface area contributed by atoms with Gasteiger partial charge in [0.2, 0.25) is 0 Å². The summed E-state index contributed by atoms with van der Waals surface area (Å²) in [7, 11) is 0. The molecule has 0 atom stereocenters. The normalized spacial score (nSPS) is 13.3. The van der Waals surface area contributed by atoms with Gasteiger partial charge in [-0.1, -0.05) is 18.2 Å². The number of hydrogen-bond acceptors (Lipinski definition) is 6. The lowest BCUT2D eigenvalue weighted by Crippen LogP contribution is -2.38. The van der Waals surface area contributed by atoms with Crippen molar-refractivity contribution >= 4 is 11.9 Å². The highest BCUT2D eigenvalue weighted by atomic mass is 16.6. The summed E-state index contributed by atoms with van der Waals surface area (Å²) in [6, 6.07) is 15.5. The number of benzene rings is 2. The van der Waals surface area contributed by atoms with E-state index in [2.05, 4.69) is 23.2 Å². The zero-order valence-electron chi connectivity index (χ0n) is 22.9. The quantitative estimate of drug-likeness (QED) is 0.345. The zero-order valence-corrected chi connectivity index (χ0v) is 22.9. The van der Waals surface area contributed by atoms with E-state index >= 15 is 0 Å². The number of nitrogens with zero attached hydrogens (tertiary/aromatic N) is 2. The van der Waals surface area contributed by atoms with E-state index in [9.17, 15) is 9.59 Å². The molecule has 0 fully saturated rings. The number of amides is 1. The van der Waals surface area contributed by atoms with Gasteiger partial charge >= 0.3 is 6.09 Å². The van der Waals surface area contributed by atoms with Crippen LogP contribution in [0.5, 0.6) is 11.5 Å². The summed E-state index contributed by atoms with van der Waals surface area (Å²) in [4.78, 5) is 31.0. The Morgan fingerprint density at radius 2 is 1.71 bits per heavy atom. The van der Waals surface area contributed by atoms with Crippen LogP contribution in [0.3, 0.4) is 0 Å². The highest BCUT2D eigenvalue weighted by molar-refractivity contribution is 5.96. The Morgan fingerprint density at radius 3 is 2.42 bits per heavy atom. The number of fused-ring (bicyclic) bond motifs is 1. The summed E-state index contributed by atoms with van der Waals surface area (Å²) >= 11 is 0. The molecule has 200 valence electrons. The molecule has 3 aromatic rings. The van der Waals surface area contributed by atoms with Crippen molar-refractivity contribution in [1.29, 1.82) is 0 Å². The van der Waals surface area contributed by atoms with Gasteiger partial charge in [-0.05, 0) is 88.4 Å². The number of carbonyl (C=O) groups excluding carboxylic acids is 2. The average Bonchev–Trinajstić information content (AvgIpc) is 3.09. The second-order valence-corrected chi connectivity index (χ2v) is 10.4. The largest absolute Gasteiger partial charge is 0.494 e. The van der Waals surface area contributed by atoms with Crippen molar-refractivity contribution in [3.63, 3.8) is 0 Å². The number of ether oxygens (including phenoxy) is 3. The minimum Gasteiger partial charge on any atom is -0.494 e. The van der Waals surface area contributed by atoms with Crippen LogP contribution in [0.15, 0.2) is 54.7 Å². The lowest BCUT2D eigenvalue weighted by atomic mass is 9.94. The summed E-state index contributed by atoms with van der Waals surface area (Å²) in [6.45, 7) is 11.2. The molecule has 2 heterocycles. The number of aromatic nitrogens is 1. The van der Waals surface area contributed by atoms with Crippen LogP contribution in [0, 0.1) is 0 Å². The Morgan fingerprint density at radius 1 is 0.947 bits per heavy atom. The van der Waals surface area contributed by atoms with E-state index in [1.807, 2.05) is 52.0 Å². The van der Waals surface area contributed by atoms with Crippen LogP contribution in [-0.4, -0.2) is 47.1 Å². The number of pyridine rings is 1. The minimum absolute atomic E-state index is 0.00774. The maximum atomic E-state index is 12.6. The molecule has 1 aliphatic heterocycles. The monoisotopic (exact) mass is 516 g/mol. The van der Waals surface area contributed by atoms with Crippen molar-refractivity contribution < 1.29 is 23.8 Å². The zero-order chi connectivity index (χ0) is 27.3. The molecule has 4 rings (SSSR count). The molecule has 7 nitrogen and oxygen atoms in total. The average molecular weight is 517 g/mol. The second kappa shape index (κ2) is 11.7. The summed E-state index contributed by atoms with van der Waals surface area (Å²) in [5, 5.41) is 0. The summed E-state index contributed by atoms with van der Waals surface area (Å²) in [5.74, 6) is 1.41. The van der Waals surface area contributed by atoms with Crippen LogP contribution < -0.4 is 9.47 Å². The first kappa shape index (κ1) is 27.2. The standard InChI is InChI=1S/C31H36N2O5/c1-6-36-27-11-14-32-26(19-27)20-37-29-10-9-23(21(2)34)18-28(29)25-8-7-22-12-15-33(16-13-24(22)17-25)30(35)38-31(3,4)5/h7-11,14,17-19H,6,12-13,15-16,20H2,1-5H3. The van der Waals surface area contributed by atoms with Gasteiger partial charge < -0.3 is 19.1 Å². The molecule has 7 heteroatoms. The van der Waals surface area contributed by atoms with Crippen LogP contribution in [0.25, 0.3) is 11.1 Å². The van der Waals surface area contributed by atoms with Crippen LogP contribution in [0.1, 0.15) is 61.8 Å². The van der Waals surface area contributed by atoms with Crippen molar-refractivity contribution in [2.45, 2.75) is 59.7 Å². The lowest BCUT2D eigenvalue weighted by Gasteiger charge is -2.26. The smallest absolute Gasteiger partial charge is 0.410 e. The Hall–Kier alpha value is -3.87. The van der Waals surface area contributed by atoms with Crippen LogP contribution >= 0.6 is 0 Å². The van der Waals surface area contributed by atoms with Crippen LogP contribution in [0.2, 0.25) is 0 Å². The Labute approximate surface area is 224 Å². The highest BCUT2D eigenvalue weighted by Crippen LogP contribution is 2.34. The molecular weight excluding hydrogens is 480 g/mol. The number of Topliss-reactive ketones (excluding diaryl/α,β-unsaturated/α-hetero) is 1. The fraction of sp³-hybridized carbons (Fsp3) is 0.387. The van der Waals surface area contributed by atoms with E-state index in [4.69, 9.17) is 14.2 Å². The van der Waals surface area contributed by atoms with E-state index in [-0.39, 0.29) is 18.5 Å². The van der Waals surface area contributed by atoms with E-state index in [0.29, 0.717) is 31.0 Å². The number of hydrogen-bond donors (Lipinski definition) is 0. The topological polar surface area (TPSA) is 78.0 Å². The van der Waals surface area contributed by atoms with Crippen molar-refractivity contribution in [2.24, 2.45) is 0 Å². The fourth-order valence-corrected chi connectivity index (χ4v) is 4.45. The number of ketones is 1. The molecule has 2 aromatic carbocycles. The molecule has 0 N–H and O–H groups in total. The molecule has 0 saturated carbocycles. The molecule has 0 radical (unpaired) electrons. The molecule has 38 heavy (non-hydrogen) atoms. The molecule has 0 spiro atoms. The SMILES string of the molecule is CCOc1ccnc(COc2ccc(C(C)=O)cc2-c2ccc3c(c2)CCN(C(=O)OC(C)(C)C)CC3)c1. The molecular formula is C31H36N2O5. The number of rotatable bonds is 7. The Kier molecular flexibility index (Phi) is 8.35. The molecule has 1 amide bonds. The molecule has 0 bridgehead atoms. The van der Waals surface area contributed by atoms with Gasteiger partial charge in [0, 0.05) is 36.5 Å². The van der Waals surface area contributed by atoms with Crippen molar-refractivity contribution in [3.8, 4) is 22.6 Å². The van der Waals surface area contributed by atoms with Gasteiger partial charge in [0.15, 0.2) is 5.78 Å². The van der Waals surface area contributed by atoms with Gasteiger partial charge in [-0.2, -0.15) is 0 Å². The van der Waals surface area contributed by atoms with Crippen LogP contribution in [0.4, 0.5) is 4.79 Å². The number of carbonyl (C=O) groups is 2. The van der Waals surface area contributed by atoms with E-state index in [1.165, 1.54) is 11.1 Å². The van der Waals surface area contributed by atoms with Gasteiger partial charge in [0.1, 0.15) is 23.7 Å². The molecule has 0 saturated heterocycles. The molecule has 1 aliphatic rings. The van der Waals surface area contributed by atoms with Gasteiger partial charge in [-0.3, -0.25) is 9.78 Å². The lowest BCUT2D eigenvalue weighted by molar-refractivity contribution is 0.0258. The predicted molar refractivity (Wildman–Crippen MR) is 147 cm³/mol. The first-order valence-electron chi connectivity index (χ1n) is 13.1. The summed E-state index contributed by atoms with van der Waals surface area (Å²) in [6.07, 6.45) is 2.90. The van der Waals surface area contributed by atoms with E-state index < -0.39 is 5.60 Å². The van der Waals surface area contributed by atoms with Crippen molar-refractivity contribution in [3.05, 3.63) is 77.1 Å². The van der Waals surface area contributed by atoms with Crippen LogP contribution in [-0.2, 0) is 24.2 Å². The molecule has 1 aromatic heterocycles. The third-order valence-electron chi connectivity index (χ3n) is 6.33. The Balaban J connectivity index is 1.58. The van der Waals surface area contributed by atoms with Crippen molar-refractivity contribution in [2.75, 3.05) is 19.7 Å². The van der Waals surface area contributed by atoms with Gasteiger partial charge in [-0.15, -0.1) is 0 Å². The summed E-state index contributed by atoms with van der Waals surface area (Å²) in [5.41, 5.74) is 5.04. The molecule has 0 aliphatic carbocycles. The van der Waals surface area contributed by atoms with Gasteiger partial charge in [0.05, 0.1) is 12.3 Å². The predicted octanol–water partition coefficient (Wildman–Crippen LogP) is 6.26. The maximum absolute atomic E-state index is 12.6. The van der Waals surface area contributed by atoms with E-state index in [0.717, 1.165) is 35.4 Å². The second-order valence-electron chi connectivity index (χ2n) is 10.4. The minimum atomic E-state index is -0.526. The molecule has 0 unspecified atom stereocenters. The Bertz CT molecular complexity index is 1310. The van der Waals surface area contributed by atoms with E-state index in [1.54, 1.807) is 24.1 Å². The van der Waals surface area contributed by atoms with Crippen molar-refractivity contribution in [1.82, 2.24) is 9.88 Å². The fourth-order valence-electron chi connectivity index (χ4n) is 4.45. The first-order valence-corrected chi connectivity index (χ1v) is 13.1. The first-order chi connectivity index (χ1) is 18.1. The highest BCUT2D eigenvalue weighted by Gasteiger charge is 2.24.